The zero-order valence-corrected chi connectivity index (χ0v) is 30.7. The summed E-state index contributed by atoms with van der Waals surface area (Å²) < 4.78 is 2.47. The Morgan fingerprint density at radius 1 is 0.418 bits per heavy atom. The van der Waals surface area contributed by atoms with Gasteiger partial charge < -0.3 is 14.2 Å². The van der Waals surface area contributed by atoms with Gasteiger partial charge in [-0.1, -0.05) is 141 Å². The summed E-state index contributed by atoms with van der Waals surface area (Å²) in [5.74, 6) is 0. The van der Waals surface area contributed by atoms with Gasteiger partial charge in [0, 0.05) is 61.3 Å². The number of para-hydroxylation sites is 5. The van der Waals surface area contributed by atoms with Crippen LogP contribution in [0.2, 0.25) is 0 Å². The Kier molecular flexibility index (Phi) is 6.20. The Balaban J connectivity index is 1.28. The van der Waals surface area contributed by atoms with E-state index in [1.54, 1.807) is 0 Å². The average molecular weight is 702 g/mol. The summed E-state index contributed by atoms with van der Waals surface area (Å²) in [7, 11) is 0. The molecule has 0 amide bonds. The van der Waals surface area contributed by atoms with Crippen LogP contribution in [0.15, 0.2) is 182 Å². The van der Waals surface area contributed by atoms with Crippen molar-refractivity contribution in [2.24, 2.45) is 0 Å². The van der Waals surface area contributed by atoms with E-state index in [2.05, 4.69) is 210 Å². The first-order valence-corrected chi connectivity index (χ1v) is 19.3. The zero-order valence-electron chi connectivity index (χ0n) is 30.7. The van der Waals surface area contributed by atoms with Crippen LogP contribution >= 0.6 is 0 Å². The first kappa shape index (κ1) is 30.7. The van der Waals surface area contributed by atoms with E-state index in [4.69, 9.17) is 0 Å². The molecule has 1 aromatic heterocycles. The second kappa shape index (κ2) is 11.1. The molecule has 3 heterocycles. The number of nitrogens with zero attached hydrogens (tertiary/aromatic N) is 3. The topological polar surface area (TPSA) is 11.4 Å². The van der Waals surface area contributed by atoms with Crippen LogP contribution in [0, 0.1) is 0 Å². The van der Waals surface area contributed by atoms with Gasteiger partial charge in [0.25, 0.3) is 0 Å². The lowest BCUT2D eigenvalue weighted by molar-refractivity contribution is 0.660. The minimum absolute atomic E-state index is 0.121. The molecule has 3 aliphatic rings. The second-order valence-electron chi connectivity index (χ2n) is 15.6. The van der Waals surface area contributed by atoms with Crippen LogP contribution < -0.4 is 15.1 Å². The Morgan fingerprint density at radius 2 is 1.00 bits per heavy atom. The molecule has 12 rings (SSSR count). The van der Waals surface area contributed by atoms with Gasteiger partial charge in [0.15, 0.2) is 0 Å². The van der Waals surface area contributed by atoms with Crippen molar-refractivity contribution in [2.45, 2.75) is 19.3 Å². The van der Waals surface area contributed by atoms with Crippen LogP contribution in [-0.2, 0) is 5.41 Å². The lowest BCUT2D eigenvalue weighted by atomic mass is 9.53. The highest BCUT2D eigenvalue weighted by molar-refractivity contribution is 6.87. The van der Waals surface area contributed by atoms with Crippen LogP contribution in [0.25, 0.3) is 60.9 Å². The Labute approximate surface area is 321 Å². The minimum Gasteiger partial charge on any atom is -0.361 e. The van der Waals surface area contributed by atoms with Gasteiger partial charge in [-0.2, -0.15) is 0 Å². The van der Waals surface area contributed by atoms with Crippen LogP contribution in [-0.4, -0.2) is 11.5 Å². The largest absolute Gasteiger partial charge is 0.421 e. The highest BCUT2D eigenvalue weighted by Gasteiger charge is 2.49. The molecule has 0 unspecified atom stereocenters. The van der Waals surface area contributed by atoms with Gasteiger partial charge in [-0.3, -0.25) is 0 Å². The Bertz CT molecular complexity index is 3030. The maximum Gasteiger partial charge on any atom is 0.421 e. The summed E-state index contributed by atoms with van der Waals surface area (Å²) in [6.07, 6.45) is 0. The van der Waals surface area contributed by atoms with Crippen LogP contribution in [0.4, 0.5) is 22.7 Å². The molecule has 0 fully saturated rings. The van der Waals surface area contributed by atoms with E-state index < -0.39 is 0 Å². The summed E-state index contributed by atoms with van der Waals surface area (Å²) in [6.45, 7) is 4.58. The first-order chi connectivity index (χ1) is 27.1. The van der Waals surface area contributed by atoms with Crippen LogP contribution in [0.1, 0.15) is 25.0 Å². The predicted octanol–water partition coefficient (Wildman–Crippen LogP) is 12.4. The summed E-state index contributed by atoms with van der Waals surface area (Å²) >= 11 is 0. The van der Waals surface area contributed by atoms with E-state index in [1.165, 1.54) is 100 Å². The number of fused-ring (bicyclic) bond motifs is 11. The normalized spacial score (nSPS) is 14.4. The van der Waals surface area contributed by atoms with Gasteiger partial charge >= 0.3 is 6.98 Å². The molecule has 9 aromatic rings. The lowest BCUT2D eigenvalue weighted by Crippen LogP contribution is -2.62. The van der Waals surface area contributed by atoms with Crippen LogP contribution in [0.5, 0.6) is 0 Å². The van der Waals surface area contributed by atoms with Crippen molar-refractivity contribution in [2.75, 3.05) is 9.62 Å². The smallest absolute Gasteiger partial charge is 0.361 e. The number of rotatable bonds is 3. The van der Waals surface area contributed by atoms with Gasteiger partial charge in [0.2, 0.25) is 0 Å². The van der Waals surface area contributed by atoms with Crippen molar-refractivity contribution in [1.29, 1.82) is 0 Å². The number of aromatic nitrogens is 1. The highest BCUT2D eigenvalue weighted by atomic mass is 15.2. The van der Waals surface area contributed by atoms with Crippen molar-refractivity contribution in [3.63, 3.8) is 0 Å². The predicted molar refractivity (Wildman–Crippen MR) is 232 cm³/mol. The fourth-order valence-corrected chi connectivity index (χ4v) is 10.3. The van der Waals surface area contributed by atoms with Crippen molar-refractivity contribution in [3.05, 3.63) is 193 Å². The molecule has 55 heavy (non-hydrogen) atoms. The quantitative estimate of drug-likeness (QED) is 0.170. The van der Waals surface area contributed by atoms with E-state index in [0.29, 0.717) is 0 Å². The number of benzene rings is 8. The Hall–Kier alpha value is -6.78. The highest BCUT2D eigenvalue weighted by Crippen LogP contribution is 2.57. The summed E-state index contributed by atoms with van der Waals surface area (Å²) in [4.78, 5) is 5.27. The standard InChI is InChI=1S/C51H36BN3/c1-51(2)40-26-13-9-23-36(40)47-41(51)27-17-31-45(47)55-44-30-16-12-25-38(44)49-48-37-24-11-14-28-42(37)53(33-18-5-3-6-19-33)46(48)32-39-35-22-10-15-29-43(35)54(52(55)50(39)49)34-20-7-4-8-21-34/h3-32H,1-2H3. The average Bonchev–Trinajstić information content (AvgIpc) is 3.70. The monoisotopic (exact) mass is 701 g/mol. The Morgan fingerprint density at radius 3 is 1.78 bits per heavy atom. The van der Waals surface area contributed by atoms with E-state index >= 15 is 0 Å². The molecule has 3 nitrogen and oxygen atoms in total. The van der Waals surface area contributed by atoms with Gasteiger partial charge in [-0.15, -0.1) is 0 Å². The molecule has 4 heteroatoms. The SMILES string of the molecule is CC1(C)c2ccccc2-c2c(N3B4c5c(cc6c(c5-c5ccccc53)c3ccccc3n6-c3ccccc3)-c3ccccc3N4c3ccccc3)cccc21. The molecular formula is C51H36BN3. The maximum atomic E-state index is 2.67. The molecule has 2 aliphatic heterocycles. The summed E-state index contributed by atoms with van der Waals surface area (Å²) in [5.41, 5.74) is 20.2. The van der Waals surface area contributed by atoms with Crippen molar-refractivity contribution >= 4 is 57.0 Å². The van der Waals surface area contributed by atoms with Crippen molar-refractivity contribution < 1.29 is 0 Å². The molecule has 0 spiro atoms. The van der Waals surface area contributed by atoms with Gasteiger partial charge in [0.1, 0.15) is 0 Å². The van der Waals surface area contributed by atoms with Crippen molar-refractivity contribution in [3.8, 4) is 39.1 Å². The molecule has 1 aliphatic carbocycles. The van der Waals surface area contributed by atoms with Gasteiger partial charge in [0.05, 0.1) is 11.0 Å². The van der Waals surface area contributed by atoms with E-state index in [1.807, 2.05) is 0 Å². The molecule has 0 radical (unpaired) electrons. The number of hydrogen-bond acceptors (Lipinski definition) is 2. The molecule has 0 atom stereocenters. The minimum atomic E-state index is -0.178. The van der Waals surface area contributed by atoms with E-state index in [0.717, 1.165) is 0 Å². The molecule has 0 saturated heterocycles. The van der Waals surface area contributed by atoms with Crippen molar-refractivity contribution in [1.82, 2.24) is 4.57 Å². The third kappa shape index (κ3) is 4.01. The molecule has 258 valence electrons. The molecule has 0 saturated carbocycles. The molecule has 0 N–H and O–H groups in total. The summed E-state index contributed by atoms with van der Waals surface area (Å²) in [6, 6.07) is 67.5. The fraction of sp³-hybridized carbons (Fsp3) is 0.0588. The third-order valence-corrected chi connectivity index (χ3v) is 12.5. The number of anilines is 4. The van der Waals surface area contributed by atoms with E-state index in [-0.39, 0.29) is 12.4 Å². The lowest BCUT2D eigenvalue weighted by Gasteiger charge is -2.48. The number of hydrogen-bond donors (Lipinski definition) is 0. The van der Waals surface area contributed by atoms with E-state index in [9.17, 15) is 0 Å². The molecular weight excluding hydrogens is 665 g/mol. The van der Waals surface area contributed by atoms with Gasteiger partial charge in [-0.25, -0.2) is 0 Å². The van der Waals surface area contributed by atoms with Crippen LogP contribution in [0.3, 0.4) is 0 Å². The third-order valence-electron chi connectivity index (χ3n) is 12.5. The fourth-order valence-electron chi connectivity index (χ4n) is 10.3. The van der Waals surface area contributed by atoms with Gasteiger partial charge in [-0.05, 0) is 87.9 Å². The molecule has 0 bridgehead atoms. The maximum absolute atomic E-state index is 2.67. The zero-order chi connectivity index (χ0) is 36.4. The summed E-state index contributed by atoms with van der Waals surface area (Å²) in [5, 5.41) is 2.56. The first-order valence-electron chi connectivity index (χ1n) is 19.3. The molecule has 8 aromatic carbocycles. The second-order valence-corrected chi connectivity index (χ2v) is 15.6.